The minimum absolute atomic E-state index is 0.427. The number of thioether (sulfide) groups is 1. The van der Waals surface area contributed by atoms with Crippen LogP contribution in [-0.4, -0.2) is 34.3 Å². The van der Waals surface area contributed by atoms with Crippen molar-refractivity contribution in [1.29, 1.82) is 0 Å². The maximum Gasteiger partial charge on any atom is 0.326 e. The second-order valence-corrected chi connectivity index (χ2v) is 5.79. The van der Waals surface area contributed by atoms with Crippen LogP contribution < -0.4 is 5.32 Å². The van der Waals surface area contributed by atoms with E-state index in [9.17, 15) is 9.59 Å². The first-order valence-corrected chi connectivity index (χ1v) is 7.02. The van der Waals surface area contributed by atoms with Crippen LogP contribution >= 0.6 is 23.1 Å². The topological polar surface area (TPSA) is 79.3 Å². The van der Waals surface area contributed by atoms with Gasteiger partial charge in [0.15, 0.2) is 0 Å². The minimum atomic E-state index is -0.994. The van der Waals surface area contributed by atoms with Crippen LogP contribution in [0, 0.1) is 6.92 Å². The number of amides is 1. The summed E-state index contributed by atoms with van der Waals surface area (Å²) in [5.74, 6) is 0.527. The normalized spacial score (nSPS) is 12.1. The smallest absolute Gasteiger partial charge is 0.326 e. The molecule has 17 heavy (non-hydrogen) atoms. The van der Waals surface area contributed by atoms with E-state index in [1.165, 1.54) is 4.88 Å². The van der Waals surface area contributed by atoms with Gasteiger partial charge in [-0.3, -0.25) is 4.79 Å². The Kier molecular flexibility index (Phi) is 5.99. The molecule has 0 bridgehead atoms. The van der Waals surface area contributed by atoms with Crippen molar-refractivity contribution in [2.45, 2.75) is 25.1 Å². The van der Waals surface area contributed by atoms with Gasteiger partial charge in [0.2, 0.25) is 6.41 Å². The molecule has 1 aromatic heterocycles. The molecule has 0 aromatic carbocycles. The average Bonchev–Trinajstić information content (AvgIpc) is 2.68. The Labute approximate surface area is 108 Å². The molecule has 0 spiro atoms. The van der Waals surface area contributed by atoms with Gasteiger partial charge >= 0.3 is 5.97 Å². The van der Waals surface area contributed by atoms with Crippen molar-refractivity contribution in [3.05, 3.63) is 16.1 Å². The molecule has 1 heterocycles. The number of carbonyl (C=O) groups excluding carboxylic acids is 1. The molecular formula is C10H14N2O3S2. The lowest BCUT2D eigenvalue weighted by atomic mass is 10.2. The Hall–Kier alpha value is -1.08. The quantitative estimate of drug-likeness (QED) is 0.551. The highest BCUT2D eigenvalue weighted by molar-refractivity contribution is 7.98. The first kappa shape index (κ1) is 14.0. The Morgan fingerprint density at radius 1 is 1.76 bits per heavy atom. The number of carbonyl (C=O) groups is 2. The molecule has 0 fully saturated rings. The van der Waals surface area contributed by atoms with Crippen molar-refractivity contribution in [2.75, 3.05) is 5.75 Å². The van der Waals surface area contributed by atoms with E-state index in [2.05, 4.69) is 10.3 Å². The fourth-order valence-electron chi connectivity index (χ4n) is 1.21. The zero-order chi connectivity index (χ0) is 12.7. The van der Waals surface area contributed by atoms with Gasteiger partial charge in [0.1, 0.15) is 6.04 Å². The molecule has 1 amide bonds. The van der Waals surface area contributed by atoms with Crippen LogP contribution in [0.3, 0.4) is 0 Å². The summed E-state index contributed by atoms with van der Waals surface area (Å²) in [6, 6.07) is -0.789. The van der Waals surface area contributed by atoms with E-state index in [0.717, 1.165) is 10.8 Å². The predicted octanol–water partition coefficient (Wildman–Crippen LogP) is 1.27. The van der Waals surface area contributed by atoms with Gasteiger partial charge in [-0.2, -0.15) is 11.8 Å². The average molecular weight is 274 g/mol. The molecule has 1 aromatic rings. The lowest BCUT2D eigenvalue weighted by molar-refractivity contribution is -0.140. The number of rotatable bonds is 8. The fraction of sp³-hybridized carbons (Fsp3) is 0.500. The Morgan fingerprint density at radius 2 is 2.53 bits per heavy atom. The van der Waals surface area contributed by atoms with E-state index in [1.54, 1.807) is 23.1 Å². The highest BCUT2D eigenvalue weighted by Crippen LogP contribution is 2.19. The van der Waals surface area contributed by atoms with Gasteiger partial charge in [-0.1, -0.05) is 0 Å². The summed E-state index contributed by atoms with van der Waals surface area (Å²) in [5, 5.41) is 12.1. The zero-order valence-corrected chi connectivity index (χ0v) is 11.0. The number of carboxylic acids is 1. The van der Waals surface area contributed by atoms with Crippen molar-refractivity contribution in [3.63, 3.8) is 0 Å². The van der Waals surface area contributed by atoms with Gasteiger partial charge in [0.25, 0.3) is 0 Å². The van der Waals surface area contributed by atoms with Crippen molar-refractivity contribution in [1.82, 2.24) is 10.3 Å². The molecule has 0 aliphatic heterocycles. The molecule has 0 aliphatic carbocycles. The maximum absolute atomic E-state index is 10.7. The largest absolute Gasteiger partial charge is 0.480 e. The number of nitrogens with zero attached hydrogens (tertiary/aromatic N) is 1. The fourth-order valence-corrected chi connectivity index (χ4v) is 3.10. The van der Waals surface area contributed by atoms with E-state index in [1.807, 2.05) is 13.1 Å². The van der Waals surface area contributed by atoms with Gasteiger partial charge in [-0.15, -0.1) is 11.3 Å². The zero-order valence-electron chi connectivity index (χ0n) is 9.38. The van der Waals surface area contributed by atoms with Crippen LogP contribution in [0.2, 0.25) is 0 Å². The molecule has 1 rings (SSSR count). The van der Waals surface area contributed by atoms with Crippen molar-refractivity contribution in [3.8, 4) is 0 Å². The molecule has 1 unspecified atom stereocenters. The number of aryl methyl sites for hydroxylation is 1. The predicted molar refractivity (Wildman–Crippen MR) is 68.3 cm³/mol. The number of carboxylic acid groups (broad SMARTS) is 1. The summed E-state index contributed by atoms with van der Waals surface area (Å²) in [6.07, 6.45) is 2.69. The Bertz CT molecular complexity index is 381. The van der Waals surface area contributed by atoms with Gasteiger partial charge in [-0.05, 0) is 19.1 Å². The summed E-state index contributed by atoms with van der Waals surface area (Å²) in [5.41, 5.74) is 0. The minimum Gasteiger partial charge on any atom is -0.480 e. The van der Waals surface area contributed by atoms with Crippen molar-refractivity contribution in [2.24, 2.45) is 0 Å². The standard InChI is InChI=1S/C10H14N2O3S2/c1-7-11-4-8(17-7)5-16-3-2-9(10(14)15)12-6-13/h4,6,9H,2-3,5H2,1H3,(H,12,13)(H,14,15). The third-order valence-electron chi connectivity index (χ3n) is 2.03. The second kappa shape index (κ2) is 7.29. The Balaban J connectivity index is 2.22. The van der Waals surface area contributed by atoms with Crippen LogP contribution in [0.15, 0.2) is 6.20 Å². The molecule has 1 atom stereocenters. The third-order valence-corrected chi connectivity index (χ3v) is 4.17. The summed E-state index contributed by atoms with van der Waals surface area (Å²) >= 11 is 3.29. The van der Waals surface area contributed by atoms with Crippen LogP contribution in [0.1, 0.15) is 16.3 Å². The molecule has 2 N–H and O–H groups in total. The highest BCUT2D eigenvalue weighted by atomic mass is 32.2. The molecule has 0 saturated carbocycles. The summed E-state index contributed by atoms with van der Waals surface area (Å²) in [4.78, 5) is 26.2. The van der Waals surface area contributed by atoms with E-state index in [0.29, 0.717) is 18.6 Å². The van der Waals surface area contributed by atoms with E-state index in [4.69, 9.17) is 5.11 Å². The highest BCUT2D eigenvalue weighted by Gasteiger charge is 2.15. The van der Waals surface area contributed by atoms with Crippen LogP contribution in [-0.2, 0) is 15.3 Å². The molecule has 5 nitrogen and oxygen atoms in total. The third kappa shape index (κ3) is 5.18. The second-order valence-electron chi connectivity index (χ2n) is 3.36. The number of hydrogen-bond acceptors (Lipinski definition) is 5. The SMILES string of the molecule is Cc1ncc(CSCCC(NC=O)C(=O)O)s1. The first-order valence-electron chi connectivity index (χ1n) is 5.05. The monoisotopic (exact) mass is 274 g/mol. The van der Waals surface area contributed by atoms with Crippen molar-refractivity contribution >= 4 is 35.5 Å². The summed E-state index contributed by atoms with van der Waals surface area (Å²) in [6.45, 7) is 1.95. The van der Waals surface area contributed by atoms with Crippen LogP contribution in [0.25, 0.3) is 0 Å². The Morgan fingerprint density at radius 3 is 3.06 bits per heavy atom. The van der Waals surface area contributed by atoms with E-state index < -0.39 is 12.0 Å². The molecule has 0 aliphatic rings. The van der Waals surface area contributed by atoms with Crippen LogP contribution in [0.5, 0.6) is 0 Å². The molecule has 0 radical (unpaired) electrons. The number of aromatic nitrogens is 1. The van der Waals surface area contributed by atoms with E-state index in [-0.39, 0.29) is 0 Å². The molecular weight excluding hydrogens is 260 g/mol. The first-order chi connectivity index (χ1) is 8.13. The van der Waals surface area contributed by atoms with Gasteiger partial charge in [-0.25, -0.2) is 9.78 Å². The number of thiazole rings is 1. The van der Waals surface area contributed by atoms with Crippen LogP contribution in [0.4, 0.5) is 0 Å². The number of aliphatic carboxylic acids is 1. The number of nitrogens with one attached hydrogen (secondary N) is 1. The summed E-state index contributed by atoms with van der Waals surface area (Å²) in [7, 11) is 0. The van der Waals surface area contributed by atoms with Gasteiger partial charge in [0.05, 0.1) is 5.01 Å². The molecule has 7 heteroatoms. The summed E-state index contributed by atoms with van der Waals surface area (Å²) < 4.78 is 0. The lowest BCUT2D eigenvalue weighted by Crippen LogP contribution is -2.36. The van der Waals surface area contributed by atoms with Gasteiger partial charge < -0.3 is 10.4 Å². The maximum atomic E-state index is 10.7. The molecule has 94 valence electrons. The lowest BCUT2D eigenvalue weighted by Gasteiger charge is -2.09. The van der Waals surface area contributed by atoms with Gasteiger partial charge in [0, 0.05) is 16.8 Å². The van der Waals surface area contributed by atoms with Crippen molar-refractivity contribution < 1.29 is 14.7 Å². The molecule has 0 saturated heterocycles. The number of hydrogen-bond donors (Lipinski definition) is 2. The van der Waals surface area contributed by atoms with E-state index >= 15 is 0 Å².